The summed E-state index contributed by atoms with van der Waals surface area (Å²) >= 11 is 0. The molecule has 2 aromatic carbocycles. The molecule has 1 aliphatic rings. The second-order valence-electron chi connectivity index (χ2n) is 6.97. The van der Waals surface area contributed by atoms with Crippen LogP contribution in [0, 0.1) is 5.82 Å². The minimum absolute atomic E-state index is 0.137. The SMILES string of the molecule is CN(C(=O)COC(=O)c1ccc(F)c(S(=O)(=O)N2CCCCC2)c1)c1ccccc1. The van der Waals surface area contributed by atoms with Crippen molar-refractivity contribution in [3.05, 3.63) is 59.9 Å². The molecule has 1 heterocycles. The molecule has 1 amide bonds. The maximum atomic E-state index is 14.3. The molecule has 30 heavy (non-hydrogen) atoms. The predicted octanol–water partition coefficient (Wildman–Crippen LogP) is 2.82. The number of carbonyl (C=O) groups is 2. The molecule has 0 radical (unpaired) electrons. The Hall–Kier alpha value is -2.78. The van der Waals surface area contributed by atoms with Gasteiger partial charge in [-0.1, -0.05) is 24.6 Å². The van der Waals surface area contributed by atoms with E-state index in [9.17, 15) is 22.4 Å². The van der Waals surface area contributed by atoms with Crippen LogP contribution in [0.3, 0.4) is 0 Å². The second-order valence-corrected chi connectivity index (χ2v) is 8.88. The Labute approximate surface area is 175 Å². The van der Waals surface area contributed by atoms with Crippen molar-refractivity contribution < 1.29 is 27.1 Å². The van der Waals surface area contributed by atoms with Gasteiger partial charge >= 0.3 is 5.97 Å². The lowest BCUT2D eigenvalue weighted by Gasteiger charge is -2.26. The summed E-state index contributed by atoms with van der Waals surface area (Å²) in [5.41, 5.74) is 0.498. The Bertz CT molecular complexity index is 1020. The average molecular weight is 434 g/mol. The average Bonchev–Trinajstić information content (AvgIpc) is 2.78. The van der Waals surface area contributed by atoms with Crippen molar-refractivity contribution in [2.75, 3.05) is 31.6 Å². The van der Waals surface area contributed by atoms with E-state index in [-0.39, 0.29) is 5.56 Å². The number of benzene rings is 2. The molecule has 9 heteroatoms. The van der Waals surface area contributed by atoms with Gasteiger partial charge in [0, 0.05) is 25.8 Å². The molecule has 0 aliphatic carbocycles. The lowest BCUT2D eigenvalue weighted by atomic mass is 10.2. The standard InChI is InChI=1S/C21H23FN2O5S/c1-23(17-8-4-2-5-9-17)20(25)15-29-21(26)16-10-11-18(22)19(14-16)30(27,28)24-12-6-3-7-13-24/h2,4-5,8-11,14H,3,6-7,12-13,15H2,1H3. The molecule has 0 spiro atoms. The first-order valence-electron chi connectivity index (χ1n) is 9.59. The Morgan fingerprint density at radius 3 is 2.40 bits per heavy atom. The molecule has 3 rings (SSSR count). The summed E-state index contributed by atoms with van der Waals surface area (Å²) in [5.74, 6) is -2.30. The molecule has 7 nitrogen and oxygen atoms in total. The van der Waals surface area contributed by atoms with Crippen molar-refractivity contribution in [3.63, 3.8) is 0 Å². The number of anilines is 1. The lowest BCUT2D eigenvalue weighted by molar-refractivity contribution is -0.121. The Kier molecular flexibility index (Phi) is 6.84. The molecular formula is C21H23FN2O5S. The van der Waals surface area contributed by atoms with Gasteiger partial charge in [-0.05, 0) is 43.2 Å². The summed E-state index contributed by atoms with van der Waals surface area (Å²) in [6.07, 6.45) is 2.34. The van der Waals surface area contributed by atoms with Crippen LogP contribution in [0.15, 0.2) is 53.4 Å². The summed E-state index contributed by atoms with van der Waals surface area (Å²) in [6.45, 7) is 0.101. The highest BCUT2D eigenvalue weighted by atomic mass is 32.2. The van der Waals surface area contributed by atoms with Crippen LogP contribution in [-0.2, 0) is 19.6 Å². The fourth-order valence-corrected chi connectivity index (χ4v) is 4.78. The molecule has 0 aromatic heterocycles. The van der Waals surface area contributed by atoms with Gasteiger partial charge in [0.05, 0.1) is 5.56 Å². The van der Waals surface area contributed by atoms with Crippen molar-refractivity contribution >= 4 is 27.6 Å². The van der Waals surface area contributed by atoms with E-state index in [4.69, 9.17) is 4.74 Å². The molecular weight excluding hydrogens is 411 g/mol. The van der Waals surface area contributed by atoms with E-state index in [2.05, 4.69) is 0 Å². The monoisotopic (exact) mass is 434 g/mol. The van der Waals surface area contributed by atoms with Crippen LogP contribution < -0.4 is 4.90 Å². The third kappa shape index (κ3) is 4.85. The molecule has 2 aromatic rings. The van der Waals surface area contributed by atoms with Crippen LogP contribution in [0.25, 0.3) is 0 Å². The number of rotatable bonds is 6. The van der Waals surface area contributed by atoms with Crippen molar-refractivity contribution in [1.82, 2.24) is 4.31 Å². The van der Waals surface area contributed by atoms with Gasteiger partial charge in [0.1, 0.15) is 10.7 Å². The van der Waals surface area contributed by atoms with Crippen molar-refractivity contribution in [1.29, 1.82) is 0 Å². The number of likely N-dealkylation sites (N-methyl/N-ethyl adjacent to an activating group) is 1. The van der Waals surface area contributed by atoms with Gasteiger partial charge in [-0.25, -0.2) is 17.6 Å². The van der Waals surface area contributed by atoms with Crippen LogP contribution >= 0.6 is 0 Å². The number of hydrogen-bond donors (Lipinski definition) is 0. The molecule has 1 fully saturated rings. The van der Waals surface area contributed by atoms with Crippen LogP contribution in [0.1, 0.15) is 29.6 Å². The van der Waals surface area contributed by atoms with E-state index < -0.39 is 39.2 Å². The number of carbonyl (C=O) groups excluding carboxylic acids is 2. The van der Waals surface area contributed by atoms with E-state index >= 15 is 0 Å². The summed E-state index contributed by atoms with van der Waals surface area (Å²) in [5, 5.41) is 0. The lowest BCUT2D eigenvalue weighted by Crippen LogP contribution is -2.36. The van der Waals surface area contributed by atoms with Gasteiger partial charge in [-0.2, -0.15) is 4.31 Å². The van der Waals surface area contributed by atoms with E-state index in [0.29, 0.717) is 31.6 Å². The topological polar surface area (TPSA) is 84.0 Å². The van der Waals surface area contributed by atoms with Crippen molar-refractivity contribution in [2.24, 2.45) is 0 Å². The number of hydrogen-bond acceptors (Lipinski definition) is 5. The summed E-state index contributed by atoms with van der Waals surface area (Å²) in [7, 11) is -2.51. The molecule has 0 atom stereocenters. The van der Waals surface area contributed by atoms with Gasteiger partial charge in [0.25, 0.3) is 5.91 Å². The smallest absolute Gasteiger partial charge is 0.338 e. The molecule has 0 bridgehead atoms. The summed E-state index contributed by atoms with van der Waals surface area (Å²) in [6, 6.07) is 11.8. The Balaban J connectivity index is 1.71. The fraction of sp³-hybridized carbons (Fsp3) is 0.333. The maximum Gasteiger partial charge on any atom is 0.338 e. The van der Waals surface area contributed by atoms with E-state index in [1.165, 1.54) is 9.21 Å². The number of piperidine rings is 1. The first-order valence-corrected chi connectivity index (χ1v) is 11.0. The minimum atomic E-state index is -4.05. The molecule has 1 saturated heterocycles. The van der Waals surface area contributed by atoms with Crippen LogP contribution in [0.2, 0.25) is 0 Å². The van der Waals surface area contributed by atoms with Gasteiger partial charge in [-0.3, -0.25) is 4.79 Å². The maximum absolute atomic E-state index is 14.3. The third-order valence-electron chi connectivity index (χ3n) is 4.94. The first-order chi connectivity index (χ1) is 14.3. The predicted molar refractivity (Wildman–Crippen MR) is 109 cm³/mol. The van der Waals surface area contributed by atoms with E-state index in [1.54, 1.807) is 31.3 Å². The second kappa shape index (κ2) is 9.36. The number of nitrogens with zero attached hydrogens (tertiary/aromatic N) is 2. The molecule has 0 N–H and O–H groups in total. The van der Waals surface area contributed by atoms with Gasteiger partial charge in [0.2, 0.25) is 10.0 Å². The Morgan fingerprint density at radius 2 is 1.73 bits per heavy atom. The summed E-state index contributed by atoms with van der Waals surface area (Å²) < 4.78 is 46.1. The highest BCUT2D eigenvalue weighted by Crippen LogP contribution is 2.24. The number of amides is 1. The normalized spacial score (nSPS) is 14.9. The molecule has 160 valence electrons. The van der Waals surface area contributed by atoms with E-state index in [1.807, 2.05) is 6.07 Å². The third-order valence-corrected chi connectivity index (χ3v) is 6.86. The van der Waals surface area contributed by atoms with Crippen LogP contribution in [-0.4, -0.2) is 51.3 Å². The number of sulfonamides is 1. The quantitative estimate of drug-likeness (QED) is 0.653. The molecule has 1 aliphatic heterocycles. The highest BCUT2D eigenvalue weighted by molar-refractivity contribution is 7.89. The first kappa shape index (κ1) is 21.9. The Morgan fingerprint density at radius 1 is 1.07 bits per heavy atom. The zero-order valence-electron chi connectivity index (χ0n) is 16.6. The highest BCUT2D eigenvalue weighted by Gasteiger charge is 2.29. The molecule has 0 saturated carbocycles. The van der Waals surface area contributed by atoms with Gasteiger partial charge in [0.15, 0.2) is 6.61 Å². The number of halogens is 1. The number of esters is 1. The van der Waals surface area contributed by atoms with Gasteiger partial charge < -0.3 is 9.64 Å². The number of ether oxygens (including phenoxy) is 1. The van der Waals surface area contributed by atoms with Crippen molar-refractivity contribution in [2.45, 2.75) is 24.2 Å². The largest absolute Gasteiger partial charge is 0.452 e. The van der Waals surface area contributed by atoms with Gasteiger partial charge in [-0.15, -0.1) is 0 Å². The summed E-state index contributed by atoms with van der Waals surface area (Å²) in [4.78, 5) is 25.4. The zero-order chi connectivity index (χ0) is 21.7. The minimum Gasteiger partial charge on any atom is -0.452 e. The van der Waals surface area contributed by atoms with Crippen molar-refractivity contribution in [3.8, 4) is 0 Å². The number of para-hydroxylation sites is 1. The van der Waals surface area contributed by atoms with Crippen LogP contribution in [0.5, 0.6) is 0 Å². The van der Waals surface area contributed by atoms with Crippen LogP contribution in [0.4, 0.5) is 10.1 Å². The zero-order valence-corrected chi connectivity index (χ0v) is 17.4. The fourth-order valence-electron chi connectivity index (χ4n) is 3.18. The molecule has 0 unspecified atom stereocenters. The van der Waals surface area contributed by atoms with E-state index in [0.717, 1.165) is 24.6 Å².